The number of amides is 1. The van der Waals surface area contributed by atoms with E-state index in [4.69, 9.17) is 11.5 Å². The second-order valence-electron chi connectivity index (χ2n) is 2.18. The number of primary amides is 1. The van der Waals surface area contributed by atoms with Gasteiger partial charge in [0.25, 0.3) is 5.91 Å². The number of methoxy groups -OCH3 is 1. The Hall–Kier alpha value is -2.05. The number of nitrogen functional groups attached to an aromatic ring is 1. The molecule has 0 aliphatic carbocycles. The van der Waals surface area contributed by atoms with Crippen LogP contribution in [0.5, 0.6) is 0 Å². The zero-order valence-electron chi connectivity index (χ0n) is 6.85. The van der Waals surface area contributed by atoms with Gasteiger partial charge in [-0.2, -0.15) is 0 Å². The van der Waals surface area contributed by atoms with Gasteiger partial charge in [0.05, 0.1) is 7.11 Å². The number of imidazole rings is 1. The number of hydrogen-bond donors (Lipinski definition) is 2. The summed E-state index contributed by atoms with van der Waals surface area (Å²) in [6.07, 6.45) is 0.305. The molecule has 0 radical (unpaired) electrons. The number of hydrogen-bond acceptors (Lipinski definition) is 5. The van der Waals surface area contributed by atoms with E-state index < -0.39 is 12.0 Å². The number of carbonyl (C=O) groups excluding carboxylic acids is 2. The molecule has 0 spiro atoms. The van der Waals surface area contributed by atoms with Crippen LogP contribution < -0.4 is 11.5 Å². The summed E-state index contributed by atoms with van der Waals surface area (Å²) < 4.78 is 5.21. The van der Waals surface area contributed by atoms with Gasteiger partial charge in [-0.05, 0) is 0 Å². The fraction of sp³-hybridized carbons (Fsp3) is 0.167. The van der Waals surface area contributed by atoms with Crippen molar-refractivity contribution in [2.24, 2.45) is 5.73 Å². The van der Waals surface area contributed by atoms with Crippen LogP contribution in [-0.2, 0) is 4.74 Å². The summed E-state index contributed by atoms with van der Waals surface area (Å²) in [4.78, 5) is 25.3. The first-order chi connectivity index (χ1) is 6.07. The number of nitrogens with two attached hydrogens (primary N) is 2. The van der Waals surface area contributed by atoms with Crippen molar-refractivity contribution in [2.75, 3.05) is 12.8 Å². The first kappa shape index (κ1) is 9.04. The van der Waals surface area contributed by atoms with Gasteiger partial charge < -0.3 is 16.2 Å². The lowest BCUT2D eigenvalue weighted by Gasteiger charge is -2.01. The highest BCUT2D eigenvalue weighted by atomic mass is 16.5. The fourth-order valence-corrected chi connectivity index (χ4v) is 0.844. The molecule has 0 unspecified atom stereocenters. The molecule has 0 atom stereocenters. The number of rotatable bonds is 1. The van der Waals surface area contributed by atoms with E-state index in [1.54, 1.807) is 0 Å². The van der Waals surface area contributed by atoms with E-state index in [-0.39, 0.29) is 11.5 Å². The second kappa shape index (κ2) is 3.13. The van der Waals surface area contributed by atoms with Gasteiger partial charge in [0, 0.05) is 0 Å². The lowest BCUT2D eigenvalue weighted by atomic mass is 10.4. The Kier molecular flexibility index (Phi) is 2.18. The molecule has 1 aromatic rings. The molecule has 0 bridgehead atoms. The molecular weight excluding hydrogens is 176 g/mol. The van der Waals surface area contributed by atoms with E-state index >= 15 is 0 Å². The van der Waals surface area contributed by atoms with Crippen molar-refractivity contribution in [3.8, 4) is 0 Å². The van der Waals surface area contributed by atoms with Crippen LogP contribution in [-0.4, -0.2) is 28.7 Å². The van der Waals surface area contributed by atoms with E-state index in [0.29, 0.717) is 0 Å². The largest absolute Gasteiger partial charge is 0.452 e. The second-order valence-corrected chi connectivity index (χ2v) is 2.18. The molecule has 4 N–H and O–H groups in total. The molecule has 1 aromatic heterocycles. The van der Waals surface area contributed by atoms with Gasteiger partial charge in [0.1, 0.15) is 6.33 Å². The molecule has 0 saturated carbocycles. The van der Waals surface area contributed by atoms with Crippen LogP contribution in [0.3, 0.4) is 0 Å². The summed E-state index contributed by atoms with van der Waals surface area (Å²) in [5, 5.41) is 0. The van der Waals surface area contributed by atoms with Crippen LogP contribution in [0.4, 0.5) is 10.6 Å². The SMILES string of the molecule is COC(=O)n1cnc(N)c1C(N)=O. The Morgan fingerprint density at radius 3 is 2.69 bits per heavy atom. The summed E-state index contributed by atoms with van der Waals surface area (Å²) in [6.45, 7) is 0. The molecule has 13 heavy (non-hydrogen) atoms. The molecule has 7 heteroatoms. The molecular formula is C6H8N4O3. The minimum atomic E-state index is -0.833. The van der Waals surface area contributed by atoms with Crippen LogP contribution in [0, 0.1) is 0 Å². The topological polar surface area (TPSA) is 113 Å². The molecule has 0 fully saturated rings. The van der Waals surface area contributed by atoms with Crippen molar-refractivity contribution in [3.05, 3.63) is 12.0 Å². The van der Waals surface area contributed by atoms with Crippen LogP contribution in [0.25, 0.3) is 0 Å². The molecule has 1 amide bonds. The van der Waals surface area contributed by atoms with Gasteiger partial charge in [-0.3, -0.25) is 4.79 Å². The Bertz CT molecular complexity index is 357. The minimum Gasteiger partial charge on any atom is -0.452 e. The van der Waals surface area contributed by atoms with E-state index in [9.17, 15) is 9.59 Å². The highest BCUT2D eigenvalue weighted by Gasteiger charge is 2.18. The molecule has 0 aliphatic rings. The van der Waals surface area contributed by atoms with Gasteiger partial charge >= 0.3 is 6.09 Å². The molecule has 0 saturated heterocycles. The average Bonchev–Trinajstić information content (AvgIpc) is 2.45. The van der Waals surface area contributed by atoms with Crippen molar-refractivity contribution in [1.29, 1.82) is 0 Å². The van der Waals surface area contributed by atoms with Crippen molar-refractivity contribution < 1.29 is 14.3 Å². The quantitative estimate of drug-likeness (QED) is 0.591. The molecule has 7 nitrogen and oxygen atoms in total. The standard InChI is InChI=1S/C6H8N4O3/c1-13-6(12)10-2-9-4(7)3(10)5(8)11/h2H,7H2,1H3,(H2,8,11). The van der Waals surface area contributed by atoms with Gasteiger partial charge in [-0.25, -0.2) is 14.3 Å². The third-order valence-corrected chi connectivity index (χ3v) is 1.40. The first-order valence-electron chi connectivity index (χ1n) is 3.29. The third-order valence-electron chi connectivity index (χ3n) is 1.40. The van der Waals surface area contributed by atoms with Crippen LogP contribution in [0.15, 0.2) is 6.33 Å². The van der Waals surface area contributed by atoms with Gasteiger partial charge in [-0.1, -0.05) is 0 Å². The fourth-order valence-electron chi connectivity index (χ4n) is 0.844. The molecule has 1 rings (SSSR count). The van der Waals surface area contributed by atoms with E-state index in [1.165, 1.54) is 7.11 Å². The predicted molar refractivity (Wildman–Crippen MR) is 43.0 cm³/mol. The summed E-state index contributed by atoms with van der Waals surface area (Å²) in [5.74, 6) is -0.932. The van der Waals surface area contributed by atoms with Crippen LogP contribution >= 0.6 is 0 Å². The Morgan fingerprint density at radius 2 is 2.23 bits per heavy atom. The molecule has 70 valence electrons. The number of nitrogens with zero attached hydrogens (tertiary/aromatic N) is 2. The van der Waals surface area contributed by atoms with Gasteiger partial charge in [-0.15, -0.1) is 0 Å². The van der Waals surface area contributed by atoms with E-state index in [2.05, 4.69) is 9.72 Å². The first-order valence-corrected chi connectivity index (χ1v) is 3.29. The summed E-state index contributed by atoms with van der Waals surface area (Å²) in [6, 6.07) is 0. The minimum absolute atomic E-state index is 0.0992. The van der Waals surface area contributed by atoms with Crippen LogP contribution in [0.2, 0.25) is 0 Å². The molecule has 1 heterocycles. The highest BCUT2D eigenvalue weighted by Crippen LogP contribution is 2.08. The maximum Gasteiger partial charge on any atom is 0.419 e. The molecule has 0 aromatic carbocycles. The zero-order valence-corrected chi connectivity index (χ0v) is 6.85. The summed E-state index contributed by atoms with van der Waals surface area (Å²) in [5.41, 5.74) is 10.1. The maximum absolute atomic E-state index is 11.0. The number of ether oxygens (including phenoxy) is 1. The van der Waals surface area contributed by atoms with Gasteiger partial charge in [0.15, 0.2) is 11.5 Å². The van der Waals surface area contributed by atoms with E-state index in [1.807, 2.05) is 0 Å². The smallest absolute Gasteiger partial charge is 0.419 e. The van der Waals surface area contributed by atoms with Crippen molar-refractivity contribution in [1.82, 2.24) is 9.55 Å². The monoisotopic (exact) mass is 184 g/mol. The highest BCUT2D eigenvalue weighted by molar-refractivity contribution is 5.98. The Labute approximate surface area is 73.3 Å². The van der Waals surface area contributed by atoms with Crippen molar-refractivity contribution >= 4 is 17.8 Å². The molecule has 0 aliphatic heterocycles. The van der Waals surface area contributed by atoms with Crippen LogP contribution in [0.1, 0.15) is 10.5 Å². The summed E-state index contributed by atoms with van der Waals surface area (Å²) >= 11 is 0. The van der Waals surface area contributed by atoms with E-state index in [0.717, 1.165) is 10.9 Å². The lowest BCUT2D eigenvalue weighted by Crippen LogP contribution is -2.22. The maximum atomic E-state index is 11.0. The Morgan fingerprint density at radius 1 is 1.62 bits per heavy atom. The lowest BCUT2D eigenvalue weighted by molar-refractivity contribution is 0.0989. The predicted octanol–water partition coefficient (Wildman–Crippen LogP) is -0.821. The van der Waals surface area contributed by atoms with Gasteiger partial charge in [0.2, 0.25) is 0 Å². The zero-order chi connectivity index (χ0) is 10.0. The normalized spacial score (nSPS) is 9.62. The number of carbonyl (C=O) groups is 2. The number of aromatic nitrogens is 2. The Balaban J connectivity index is 3.22. The summed E-state index contributed by atoms with van der Waals surface area (Å²) in [7, 11) is 1.17. The van der Waals surface area contributed by atoms with Crippen molar-refractivity contribution in [3.63, 3.8) is 0 Å². The number of anilines is 1. The third kappa shape index (κ3) is 1.43. The average molecular weight is 184 g/mol. The van der Waals surface area contributed by atoms with Crippen molar-refractivity contribution in [2.45, 2.75) is 0 Å².